The van der Waals surface area contributed by atoms with E-state index in [9.17, 15) is 0 Å². The average molecular weight is 412 g/mol. The third-order valence-electron chi connectivity index (χ3n) is 3.93. The third kappa shape index (κ3) is 3.47. The Morgan fingerprint density at radius 3 is 2.81 bits per heavy atom. The van der Waals surface area contributed by atoms with Crippen LogP contribution in [0.3, 0.4) is 0 Å². The number of para-hydroxylation sites is 1. The first-order chi connectivity index (χ1) is 10.3. The molecular formula is C17H21IN2S. The van der Waals surface area contributed by atoms with Crippen LogP contribution in [0.5, 0.6) is 0 Å². The Bertz CT molecular complexity index is 574. The van der Waals surface area contributed by atoms with Gasteiger partial charge in [-0.3, -0.25) is 0 Å². The molecule has 2 nitrogen and oxygen atoms in total. The Hall–Kier alpha value is -0.490. The predicted molar refractivity (Wildman–Crippen MR) is 102 cm³/mol. The Kier molecular flexibility index (Phi) is 5.27. The lowest BCUT2D eigenvalue weighted by Gasteiger charge is -2.25. The summed E-state index contributed by atoms with van der Waals surface area (Å²) in [5, 5.41) is 1.20. The van der Waals surface area contributed by atoms with Crippen LogP contribution in [0, 0.1) is 0 Å². The summed E-state index contributed by atoms with van der Waals surface area (Å²) in [7, 11) is 0. The maximum atomic E-state index is 4.91. The van der Waals surface area contributed by atoms with Crippen LogP contribution in [0.2, 0.25) is 0 Å². The summed E-state index contributed by atoms with van der Waals surface area (Å²) in [6.45, 7) is 4.58. The molecule has 0 N–H and O–H groups in total. The minimum absolute atomic E-state index is 1.14. The van der Waals surface area contributed by atoms with Gasteiger partial charge in [-0.1, -0.05) is 43.3 Å². The highest BCUT2D eigenvalue weighted by Crippen LogP contribution is 2.45. The van der Waals surface area contributed by atoms with Gasteiger partial charge in [0.1, 0.15) is 0 Å². The highest BCUT2D eigenvalue weighted by atomic mass is 127. The second-order valence-corrected chi connectivity index (χ2v) is 7.83. The number of hydrogen-bond donors (Lipinski definition) is 0. The number of fused-ring (bicyclic) bond motifs is 1. The number of rotatable bonds is 3. The minimum atomic E-state index is 1.14. The Morgan fingerprint density at radius 2 is 2.05 bits per heavy atom. The number of amidine groups is 1. The van der Waals surface area contributed by atoms with Crippen molar-refractivity contribution in [2.24, 2.45) is 4.99 Å². The molecule has 112 valence electrons. The molecule has 21 heavy (non-hydrogen) atoms. The zero-order chi connectivity index (χ0) is 14.7. The van der Waals surface area contributed by atoms with Gasteiger partial charge in [-0.15, -0.1) is 0 Å². The molecule has 2 aliphatic rings. The van der Waals surface area contributed by atoms with E-state index in [-0.39, 0.29) is 0 Å². The van der Waals surface area contributed by atoms with Gasteiger partial charge < -0.3 is 4.90 Å². The maximum Gasteiger partial charge on any atom is 0.169 e. The fraction of sp³-hybridized carbons (Fsp3) is 0.471. The lowest BCUT2D eigenvalue weighted by molar-refractivity contribution is 0.530. The van der Waals surface area contributed by atoms with Gasteiger partial charge in [0.15, 0.2) is 5.17 Å². The minimum Gasteiger partial charge on any atom is -0.351 e. The molecule has 1 saturated heterocycles. The topological polar surface area (TPSA) is 15.6 Å². The van der Waals surface area contributed by atoms with Gasteiger partial charge in [0.05, 0.1) is 5.69 Å². The first kappa shape index (κ1) is 15.4. The largest absolute Gasteiger partial charge is 0.351 e. The summed E-state index contributed by atoms with van der Waals surface area (Å²) < 4.78 is 1.48. The van der Waals surface area contributed by atoms with Gasteiger partial charge in [0.2, 0.25) is 0 Å². The van der Waals surface area contributed by atoms with Crippen LogP contribution in [0.25, 0.3) is 4.91 Å². The normalized spacial score (nSPS) is 20.3. The zero-order valence-electron chi connectivity index (χ0n) is 12.4. The molecule has 0 bridgehead atoms. The quantitative estimate of drug-likeness (QED) is 0.583. The number of unbranched alkanes of at least 4 members (excludes halogenated alkanes) is 1. The summed E-state index contributed by atoms with van der Waals surface area (Å²) in [5.74, 6) is 0. The zero-order valence-corrected chi connectivity index (χ0v) is 15.4. The first-order valence-corrected chi connectivity index (χ1v) is 9.68. The van der Waals surface area contributed by atoms with E-state index < -0.39 is 0 Å². The third-order valence-corrected chi connectivity index (χ3v) is 6.58. The number of halogens is 1. The summed E-state index contributed by atoms with van der Waals surface area (Å²) in [5.41, 5.74) is 2.45. The summed E-state index contributed by atoms with van der Waals surface area (Å²) in [4.78, 5) is 8.78. The lowest BCUT2D eigenvalue weighted by atomic mass is 10.1. The van der Waals surface area contributed by atoms with E-state index in [0.29, 0.717) is 0 Å². The van der Waals surface area contributed by atoms with Crippen molar-refractivity contribution in [1.29, 1.82) is 0 Å². The fourth-order valence-corrected chi connectivity index (χ4v) is 4.86. The van der Waals surface area contributed by atoms with E-state index in [0.717, 1.165) is 18.8 Å². The fourth-order valence-electron chi connectivity index (χ4n) is 2.73. The standard InChI is InChI=1S/C17H21IN2S/c1-2-3-9-14(18)16-13-8-4-5-10-15(13)19-17(21-16)20-11-6-7-12-20/h4-5,8,10H,2-3,6-7,9,11-12H2,1H3/b16-14+. The highest BCUT2D eigenvalue weighted by molar-refractivity contribution is 14.1. The lowest BCUT2D eigenvalue weighted by Crippen LogP contribution is -2.26. The van der Waals surface area contributed by atoms with Gasteiger partial charge in [0.25, 0.3) is 0 Å². The molecule has 0 atom stereocenters. The van der Waals surface area contributed by atoms with E-state index in [4.69, 9.17) is 4.99 Å². The maximum absolute atomic E-state index is 4.91. The smallest absolute Gasteiger partial charge is 0.169 e. The molecule has 4 heteroatoms. The number of likely N-dealkylation sites (tertiary alicyclic amines) is 1. The number of benzene rings is 1. The van der Waals surface area contributed by atoms with E-state index in [2.05, 4.69) is 58.7 Å². The Labute approximate surface area is 145 Å². The van der Waals surface area contributed by atoms with E-state index in [1.165, 1.54) is 51.3 Å². The van der Waals surface area contributed by atoms with Crippen LogP contribution >= 0.6 is 34.4 Å². The van der Waals surface area contributed by atoms with Crippen molar-refractivity contribution in [1.82, 2.24) is 4.90 Å². The molecule has 0 radical (unpaired) electrons. The van der Waals surface area contributed by atoms with E-state index in [1.807, 2.05) is 11.8 Å². The molecular weight excluding hydrogens is 391 g/mol. The second-order valence-electron chi connectivity index (χ2n) is 5.55. The van der Waals surface area contributed by atoms with Crippen LogP contribution in [0.15, 0.2) is 32.8 Å². The Balaban J connectivity index is 1.96. The van der Waals surface area contributed by atoms with E-state index >= 15 is 0 Å². The van der Waals surface area contributed by atoms with E-state index in [1.54, 1.807) is 0 Å². The summed E-state index contributed by atoms with van der Waals surface area (Å²) in [6.07, 6.45) is 6.29. The second kappa shape index (κ2) is 7.18. The Morgan fingerprint density at radius 1 is 1.29 bits per heavy atom. The molecule has 1 fully saturated rings. The molecule has 0 unspecified atom stereocenters. The average Bonchev–Trinajstić information content (AvgIpc) is 3.06. The van der Waals surface area contributed by atoms with Crippen molar-refractivity contribution in [2.75, 3.05) is 13.1 Å². The van der Waals surface area contributed by atoms with Crippen LogP contribution in [-0.4, -0.2) is 23.2 Å². The number of aliphatic imine (C=N–C) groups is 1. The molecule has 0 spiro atoms. The highest BCUT2D eigenvalue weighted by Gasteiger charge is 2.25. The SMILES string of the molecule is CCCC/C(I)=C1\SC(N2CCCC2)=Nc2ccccc21. The first-order valence-electron chi connectivity index (χ1n) is 7.79. The van der Waals surface area contributed by atoms with Gasteiger partial charge in [0, 0.05) is 27.1 Å². The monoisotopic (exact) mass is 412 g/mol. The summed E-state index contributed by atoms with van der Waals surface area (Å²) in [6, 6.07) is 8.58. The van der Waals surface area contributed by atoms with Crippen molar-refractivity contribution in [3.8, 4) is 0 Å². The molecule has 1 aromatic rings. The number of thioether (sulfide) groups is 1. The van der Waals surface area contributed by atoms with Gasteiger partial charge in [-0.05, 0) is 54.3 Å². The van der Waals surface area contributed by atoms with Crippen molar-refractivity contribution in [2.45, 2.75) is 39.0 Å². The van der Waals surface area contributed by atoms with Crippen LogP contribution < -0.4 is 0 Å². The molecule has 0 aliphatic carbocycles. The van der Waals surface area contributed by atoms with Crippen LogP contribution in [0.1, 0.15) is 44.6 Å². The van der Waals surface area contributed by atoms with Crippen molar-refractivity contribution < 1.29 is 0 Å². The molecule has 0 aromatic heterocycles. The van der Waals surface area contributed by atoms with Crippen molar-refractivity contribution >= 4 is 50.1 Å². The molecule has 2 heterocycles. The molecule has 2 aliphatic heterocycles. The van der Waals surface area contributed by atoms with Crippen LogP contribution in [0.4, 0.5) is 5.69 Å². The molecule has 0 saturated carbocycles. The van der Waals surface area contributed by atoms with Gasteiger partial charge in [-0.2, -0.15) is 0 Å². The predicted octanol–water partition coefficient (Wildman–Crippen LogP) is 5.81. The number of allylic oxidation sites excluding steroid dienone is 1. The molecule has 0 amide bonds. The number of nitrogens with zero attached hydrogens (tertiary/aromatic N) is 2. The van der Waals surface area contributed by atoms with Crippen molar-refractivity contribution in [3.05, 3.63) is 33.4 Å². The van der Waals surface area contributed by atoms with Crippen molar-refractivity contribution in [3.63, 3.8) is 0 Å². The number of hydrogen-bond acceptors (Lipinski definition) is 3. The van der Waals surface area contributed by atoms with Gasteiger partial charge >= 0.3 is 0 Å². The summed E-state index contributed by atoms with van der Waals surface area (Å²) >= 11 is 4.42. The van der Waals surface area contributed by atoms with Gasteiger partial charge in [-0.25, -0.2) is 4.99 Å². The molecule has 1 aromatic carbocycles. The van der Waals surface area contributed by atoms with Crippen LogP contribution in [-0.2, 0) is 0 Å². The molecule has 3 rings (SSSR count).